The molecule has 0 spiro atoms. The van der Waals surface area contributed by atoms with Gasteiger partial charge < -0.3 is 10.5 Å². The molecule has 0 aliphatic rings. The third-order valence-corrected chi connectivity index (χ3v) is 2.47. The summed E-state index contributed by atoms with van der Waals surface area (Å²) in [6.45, 7) is 0. The van der Waals surface area contributed by atoms with Crippen LogP contribution in [0, 0.1) is 5.82 Å². The van der Waals surface area contributed by atoms with Crippen molar-refractivity contribution in [1.29, 1.82) is 0 Å². The molecule has 4 nitrogen and oxygen atoms in total. The van der Waals surface area contributed by atoms with Crippen LogP contribution in [0.25, 0.3) is 0 Å². The first kappa shape index (κ1) is 11.5. The minimum atomic E-state index is -0.512. The zero-order valence-corrected chi connectivity index (χ0v) is 9.30. The number of benzene rings is 1. The highest BCUT2D eigenvalue weighted by molar-refractivity contribution is 5.40. The Morgan fingerprint density at radius 2 is 2.00 bits per heavy atom. The van der Waals surface area contributed by atoms with Crippen LogP contribution in [0.4, 0.5) is 4.39 Å². The zero-order valence-electron chi connectivity index (χ0n) is 9.30. The maximum Gasteiger partial charge on any atom is 0.124 e. The lowest BCUT2D eigenvalue weighted by Crippen LogP contribution is -2.14. The number of hydrogen-bond acceptors (Lipinski definition) is 4. The predicted octanol–water partition coefficient (Wildman–Crippen LogP) is 1.67. The van der Waals surface area contributed by atoms with Gasteiger partial charge in [-0.1, -0.05) is 0 Å². The second-order valence-electron chi connectivity index (χ2n) is 3.54. The number of ether oxygens (including phenoxy) is 1. The third-order valence-electron chi connectivity index (χ3n) is 2.47. The first-order valence-corrected chi connectivity index (χ1v) is 5.06. The van der Waals surface area contributed by atoms with E-state index in [1.807, 2.05) is 0 Å². The molecule has 2 rings (SSSR count). The Kier molecular flexibility index (Phi) is 3.30. The van der Waals surface area contributed by atoms with E-state index >= 15 is 0 Å². The Bertz CT molecular complexity index is 504. The molecular formula is C12H12FN3O. The van der Waals surface area contributed by atoms with Gasteiger partial charge in [0.25, 0.3) is 0 Å². The molecule has 2 aromatic rings. The van der Waals surface area contributed by atoms with Gasteiger partial charge in [0.05, 0.1) is 13.2 Å². The van der Waals surface area contributed by atoms with E-state index in [-0.39, 0.29) is 5.82 Å². The van der Waals surface area contributed by atoms with E-state index < -0.39 is 6.04 Å². The summed E-state index contributed by atoms with van der Waals surface area (Å²) in [5.41, 5.74) is 7.31. The molecule has 0 radical (unpaired) electrons. The summed E-state index contributed by atoms with van der Waals surface area (Å²) >= 11 is 0. The van der Waals surface area contributed by atoms with Crippen LogP contribution >= 0.6 is 0 Å². The number of hydrogen-bond donors (Lipinski definition) is 1. The van der Waals surface area contributed by atoms with E-state index in [0.29, 0.717) is 16.9 Å². The van der Waals surface area contributed by atoms with Crippen molar-refractivity contribution in [1.82, 2.24) is 9.97 Å². The molecule has 0 bridgehead atoms. The van der Waals surface area contributed by atoms with Crippen molar-refractivity contribution in [3.63, 3.8) is 0 Å². The minimum Gasteiger partial charge on any atom is -0.496 e. The van der Waals surface area contributed by atoms with Crippen molar-refractivity contribution < 1.29 is 9.13 Å². The minimum absolute atomic E-state index is 0.354. The SMILES string of the molecule is COc1ccc(F)cc1C(N)c1cncnc1. The molecule has 1 unspecified atom stereocenters. The smallest absolute Gasteiger partial charge is 0.124 e. The zero-order chi connectivity index (χ0) is 12.3. The molecule has 17 heavy (non-hydrogen) atoms. The molecule has 0 saturated carbocycles. The molecule has 0 amide bonds. The van der Waals surface area contributed by atoms with Crippen LogP contribution < -0.4 is 10.5 Å². The van der Waals surface area contributed by atoms with E-state index in [1.54, 1.807) is 18.5 Å². The van der Waals surface area contributed by atoms with Crippen molar-refractivity contribution in [3.05, 3.63) is 53.9 Å². The molecule has 1 heterocycles. The number of methoxy groups -OCH3 is 1. The van der Waals surface area contributed by atoms with Gasteiger partial charge in [-0.25, -0.2) is 14.4 Å². The Morgan fingerprint density at radius 3 is 2.65 bits per heavy atom. The number of nitrogens with two attached hydrogens (primary N) is 1. The maximum absolute atomic E-state index is 13.2. The van der Waals surface area contributed by atoms with Crippen molar-refractivity contribution >= 4 is 0 Å². The van der Waals surface area contributed by atoms with Gasteiger partial charge in [0.15, 0.2) is 0 Å². The fourth-order valence-corrected chi connectivity index (χ4v) is 1.60. The van der Waals surface area contributed by atoms with E-state index in [4.69, 9.17) is 10.5 Å². The van der Waals surface area contributed by atoms with Crippen LogP contribution in [0.5, 0.6) is 5.75 Å². The first-order chi connectivity index (χ1) is 8.22. The van der Waals surface area contributed by atoms with E-state index in [1.165, 1.54) is 25.6 Å². The number of halogens is 1. The highest BCUT2D eigenvalue weighted by atomic mass is 19.1. The van der Waals surface area contributed by atoms with E-state index in [2.05, 4.69) is 9.97 Å². The number of nitrogens with zero attached hydrogens (tertiary/aromatic N) is 2. The summed E-state index contributed by atoms with van der Waals surface area (Å²) in [7, 11) is 1.52. The Hall–Kier alpha value is -2.01. The average Bonchev–Trinajstić information content (AvgIpc) is 2.39. The average molecular weight is 233 g/mol. The lowest BCUT2D eigenvalue weighted by Gasteiger charge is -2.15. The lowest BCUT2D eigenvalue weighted by molar-refractivity contribution is 0.406. The molecule has 0 aliphatic carbocycles. The van der Waals surface area contributed by atoms with Crippen molar-refractivity contribution in [2.24, 2.45) is 5.73 Å². The summed E-state index contributed by atoms with van der Waals surface area (Å²) < 4.78 is 18.4. The van der Waals surface area contributed by atoms with Crippen molar-refractivity contribution in [3.8, 4) is 5.75 Å². The molecule has 0 fully saturated rings. The molecule has 1 atom stereocenters. The normalized spacial score (nSPS) is 12.2. The number of rotatable bonds is 3. The molecule has 1 aromatic heterocycles. The molecular weight excluding hydrogens is 221 g/mol. The van der Waals surface area contributed by atoms with Crippen LogP contribution in [0.15, 0.2) is 36.9 Å². The molecule has 2 N–H and O–H groups in total. The highest BCUT2D eigenvalue weighted by Gasteiger charge is 2.15. The Balaban J connectivity index is 2.43. The topological polar surface area (TPSA) is 61.0 Å². The van der Waals surface area contributed by atoms with E-state index in [0.717, 1.165) is 0 Å². The highest BCUT2D eigenvalue weighted by Crippen LogP contribution is 2.28. The molecule has 5 heteroatoms. The van der Waals surface area contributed by atoms with Crippen molar-refractivity contribution in [2.75, 3.05) is 7.11 Å². The third kappa shape index (κ3) is 2.39. The van der Waals surface area contributed by atoms with Crippen LogP contribution in [0.2, 0.25) is 0 Å². The molecule has 1 aromatic carbocycles. The van der Waals surface area contributed by atoms with Crippen molar-refractivity contribution in [2.45, 2.75) is 6.04 Å². The first-order valence-electron chi connectivity index (χ1n) is 5.06. The van der Waals surface area contributed by atoms with Crippen LogP contribution in [-0.4, -0.2) is 17.1 Å². The quantitative estimate of drug-likeness (QED) is 0.876. The van der Waals surface area contributed by atoms with Gasteiger partial charge in [-0.2, -0.15) is 0 Å². The molecule has 0 aliphatic heterocycles. The summed E-state index contributed by atoms with van der Waals surface area (Å²) in [6, 6.07) is 3.73. The second-order valence-corrected chi connectivity index (χ2v) is 3.54. The Labute approximate surface area is 98.3 Å². The summed E-state index contributed by atoms with van der Waals surface area (Å²) in [6.07, 6.45) is 4.61. The Morgan fingerprint density at radius 1 is 1.29 bits per heavy atom. The van der Waals surface area contributed by atoms with E-state index in [9.17, 15) is 4.39 Å². The molecule has 88 valence electrons. The summed E-state index contributed by atoms with van der Waals surface area (Å²) in [5, 5.41) is 0. The van der Waals surface area contributed by atoms with Gasteiger partial charge in [0, 0.05) is 23.5 Å². The fourth-order valence-electron chi connectivity index (χ4n) is 1.60. The van der Waals surface area contributed by atoms with Gasteiger partial charge in [-0.3, -0.25) is 0 Å². The van der Waals surface area contributed by atoms with Crippen LogP contribution in [0.3, 0.4) is 0 Å². The lowest BCUT2D eigenvalue weighted by atomic mass is 10.0. The maximum atomic E-state index is 13.2. The van der Waals surface area contributed by atoms with Gasteiger partial charge in [0.2, 0.25) is 0 Å². The fraction of sp³-hybridized carbons (Fsp3) is 0.167. The monoisotopic (exact) mass is 233 g/mol. The van der Waals surface area contributed by atoms with Gasteiger partial charge in [-0.05, 0) is 18.2 Å². The largest absolute Gasteiger partial charge is 0.496 e. The van der Waals surface area contributed by atoms with Gasteiger partial charge in [-0.15, -0.1) is 0 Å². The standard InChI is InChI=1S/C12H12FN3O/c1-17-11-3-2-9(13)4-10(11)12(14)8-5-15-7-16-6-8/h2-7,12H,14H2,1H3. The van der Waals surface area contributed by atoms with Crippen LogP contribution in [0.1, 0.15) is 17.2 Å². The van der Waals surface area contributed by atoms with Crippen LogP contribution in [-0.2, 0) is 0 Å². The predicted molar refractivity (Wildman–Crippen MR) is 61.0 cm³/mol. The van der Waals surface area contributed by atoms with Gasteiger partial charge >= 0.3 is 0 Å². The summed E-state index contributed by atoms with van der Waals surface area (Å²) in [5.74, 6) is 0.191. The molecule has 0 saturated heterocycles. The second kappa shape index (κ2) is 4.88. The van der Waals surface area contributed by atoms with Gasteiger partial charge in [0.1, 0.15) is 17.9 Å². The number of aromatic nitrogens is 2. The summed E-state index contributed by atoms with van der Waals surface area (Å²) in [4.78, 5) is 7.77.